The maximum Gasteiger partial charge on any atom is 0.0499 e. The summed E-state index contributed by atoms with van der Waals surface area (Å²) in [6.45, 7) is 3.12. The zero-order valence-corrected chi connectivity index (χ0v) is 7.67. The predicted molar refractivity (Wildman–Crippen MR) is 52.6 cm³/mol. The van der Waals surface area contributed by atoms with Crippen LogP contribution in [0.5, 0.6) is 0 Å². The second kappa shape index (κ2) is 2.83. The summed E-state index contributed by atoms with van der Waals surface area (Å²) in [6, 6.07) is 8.05. The van der Waals surface area contributed by atoms with Gasteiger partial charge in [0.2, 0.25) is 0 Å². The van der Waals surface area contributed by atoms with Crippen LogP contribution in [-0.2, 0) is 6.54 Å². The van der Waals surface area contributed by atoms with Crippen molar-refractivity contribution in [3.8, 4) is 0 Å². The van der Waals surface area contributed by atoms with Gasteiger partial charge in [0.15, 0.2) is 0 Å². The highest BCUT2D eigenvalue weighted by Gasteiger charge is 2.01. The topological polar surface area (TPSA) is 4.93 Å². The lowest BCUT2D eigenvalue weighted by molar-refractivity contribution is 0.798. The molecule has 0 aliphatic carbocycles. The fourth-order valence-corrected chi connectivity index (χ4v) is 1.69. The summed E-state index contributed by atoms with van der Waals surface area (Å²) in [5, 5.41) is 1.97. The van der Waals surface area contributed by atoms with Crippen molar-refractivity contribution in [2.24, 2.45) is 0 Å². The number of benzene rings is 1. The Morgan fingerprint density at radius 3 is 2.92 bits per heavy atom. The first kappa shape index (κ1) is 7.69. The molecular weight excluding hydrogens is 170 g/mol. The zero-order valence-electron chi connectivity index (χ0n) is 6.92. The van der Waals surface area contributed by atoms with E-state index in [4.69, 9.17) is 11.6 Å². The van der Waals surface area contributed by atoms with E-state index in [2.05, 4.69) is 29.8 Å². The second-order valence-electron chi connectivity index (χ2n) is 2.77. The van der Waals surface area contributed by atoms with Gasteiger partial charge >= 0.3 is 0 Å². The number of nitrogens with zero attached hydrogens (tertiary/aromatic N) is 1. The van der Waals surface area contributed by atoms with Crippen molar-refractivity contribution in [3.63, 3.8) is 0 Å². The summed E-state index contributed by atoms with van der Waals surface area (Å²) in [6.07, 6.45) is 2.07. The van der Waals surface area contributed by atoms with E-state index < -0.39 is 0 Å². The highest BCUT2D eigenvalue weighted by molar-refractivity contribution is 6.35. The monoisotopic (exact) mass is 179 g/mol. The Morgan fingerprint density at radius 2 is 2.17 bits per heavy atom. The molecule has 0 atom stereocenters. The standard InChI is InChI=1S/C10H10ClN/c1-2-12-7-6-8-9(11)4-3-5-10(8)12/h3-7H,2H2,1H3. The van der Waals surface area contributed by atoms with E-state index in [0.717, 1.165) is 17.0 Å². The van der Waals surface area contributed by atoms with Crippen LogP contribution < -0.4 is 0 Å². The predicted octanol–water partition coefficient (Wildman–Crippen LogP) is 3.31. The first-order valence-corrected chi connectivity index (χ1v) is 4.44. The number of rotatable bonds is 1. The molecule has 0 N–H and O–H groups in total. The van der Waals surface area contributed by atoms with Gasteiger partial charge in [-0.3, -0.25) is 0 Å². The molecule has 1 nitrogen and oxygen atoms in total. The number of aryl methyl sites for hydroxylation is 1. The quantitative estimate of drug-likeness (QED) is 0.633. The van der Waals surface area contributed by atoms with Gasteiger partial charge in [-0.15, -0.1) is 0 Å². The van der Waals surface area contributed by atoms with E-state index >= 15 is 0 Å². The number of aromatic nitrogens is 1. The summed E-state index contributed by atoms with van der Waals surface area (Å²) in [5.41, 5.74) is 1.21. The van der Waals surface area contributed by atoms with Crippen LogP contribution >= 0.6 is 11.6 Å². The van der Waals surface area contributed by atoms with Crippen LogP contribution in [0.3, 0.4) is 0 Å². The molecule has 2 rings (SSSR count). The van der Waals surface area contributed by atoms with Crippen LogP contribution in [0.15, 0.2) is 30.5 Å². The smallest absolute Gasteiger partial charge is 0.0499 e. The SMILES string of the molecule is CCn1ccc2c(Cl)cccc21. The highest BCUT2D eigenvalue weighted by Crippen LogP contribution is 2.23. The molecule has 0 aliphatic rings. The third-order valence-corrected chi connectivity index (χ3v) is 2.43. The molecule has 0 unspecified atom stereocenters. The molecule has 0 amide bonds. The fourth-order valence-electron chi connectivity index (χ4n) is 1.46. The average molecular weight is 180 g/mol. The number of halogens is 1. The molecule has 2 heteroatoms. The Hall–Kier alpha value is -0.950. The Morgan fingerprint density at radius 1 is 1.33 bits per heavy atom. The third-order valence-electron chi connectivity index (χ3n) is 2.10. The van der Waals surface area contributed by atoms with Gasteiger partial charge in [-0.2, -0.15) is 0 Å². The van der Waals surface area contributed by atoms with Crippen molar-refractivity contribution in [1.29, 1.82) is 0 Å². The number of fused-ring (bicyclic) bond motifs is 1. The van der Waals surface area contributed by atoms with Gasteiger partial charge in [-0.25, -0.2) is 0 Å². The molecular formula is C10H10ClN. The molecule has 0 saturated carbocycles. The minimum absolute atomic E-state index is 0.833. The molecule has 1 aromatic carbocycles. The lowest BCUT2D eigenvalue weighted by Gasteiger charge is -1.99. The maximum atomic E-state index is 6.01. The zero-order chi connectivity index (χ0) is 8.55. The summed E-state index contributed by atoms with van der Waals surface area (Å²) < 4.78 is 2.18. The van der Waals surface area contributed by atoms with Gasteiger partial charge in [0.1, 0.15) is 0 Å². The molecule has 12 heavy (non-hydrogen) atoms. The average Bonchev–Trinajstić information content (AvgIpc) is 2.49. The van der Waals surface area contributed by atoms with Crippen LogP contribution in [0.4, 0.5) is 0 Å². The fraction of sp³-hybridized carbons (Fsp3) is 0.200. The number of hydrogen-bond donors (Lipinski definition) is 0. The highest BCUT2D eigenvalue weighted by atomic mass is 35.5. The largest absolute Gasteiger partial charge is 0.348 e. The molecule has 0 aliphatic heterocycles. The Kier molecular flexibility index (Phi) is 1.81. The summed E-state index contributed by atoms with van der Waals surface area (Å²) in [7, 11) is 0. The molecule has 0 radical (unpaired) electrons. The van der Waals surface area contributed by atoms with Crippen LogP contribution in [-0.4, -0.2) is 4.57 Å². The summed E-state index contributed by atoms with van der Waals surface area (Å²) in [5.74, 6) is 0. The van der Waals surface area contributed by atoms with Crippen LogP contribution in [0.25, 0.3) is 10.9 Å². The van der Waals surface area contributed by atoms with E-state index in [-0.39, 0.29) is 0 Å². The van der Waals surface area contributed by atoms with Crippen molar-refractivity contribution < 1.29 is 0 Å². The molecule has 0 spiro atoms. The lowest BCUT2D eigenvalue weighted by atomic mass is 10.2. The minimum Gasteiger partial charge on any atom is -0.348 e. The molecule has 1 aromatic heterocycles. The van der Waals surface area contributed by atoms with E-state index in [9.17, 15) is 0 Å². The number of hydrogen-bond acceptors (Lipinski definition) is 0. The van der Waals surface area contributed by atoms with Crippen molar-refractivity contribution in [2.45, 2.75) is 13.5 Å². The molecule has 0 bridgehead atoms. The van der Waals surface area contributed by atoms with E-state index in [1.807, 2.05) is 12.1 Å². The minimum atomic E-state index is 0.833. The van der Waals surface area contributed by atoms with Crippen LogP contribution in [0.2, 0.25) is 5.02 Å². The van der Waals surface area contributed by atoms with Crippen molar-refractivity contribution in [3.05, 3.63) is 35.5 Å². The Labute approximate surface area is 76.6 Å². The van der Waals surface area contributed by atoms with Crippen molar-refractivity contribution in [2.75, 3.05) is 0 Å². The Balaban J connectivity index is 2.80. The van der Waals surface area contributed by atoms with Gasteiger partial charge < -0.3 is 4.57 Å². The first-order valence-electron chi connectivity index (χ1n) is 4.06. The molecule has 2 aromatic rings. The van der Waals surface area contributed by atoms with Crippen LogP contribution in [0.1, 0.15) is 6.92 Å². The normalized spacial score (nSPS) is 10.8. The van der Waals surface area contributed by atoms with Gasteiger partial charge in [0.25, 0.3) is 0 Å². The van der Waals surface area contributed by atoms with Crippen LogP contribution in [0, 0.1) is 0 Å². The first-order chi connectivity index (χ1) is 5.83. The van der Waals surface area contributed by atoms with Gasteiger partial charge in [-0.1, -0.05) is 17.7 Å². The third kappa shape index (κ3) is 1.01. The molecule has 1 heterocycles. The van der Waals surface area contributed by atoms with Gasteiger partial charge in [0, 0.05) is 28.7 Å². The molecule has 62 valence electrons. The molecule has 0 fully saturated rings. The molecule has 0 saturated heterocycles. The van der Waals surface area contributed by atoms with Gasteiger partial charge in [0.05, 0.1) is 0 Å². The van der Waals surface area contributed by atoms with E-state index in [1.54, 1.807) is 0 Å². The van der Waals surface area contributed by atoms with E-state index in [1.165, 1.54) is 5.52 Å². The summed E-state index contributed by atoms with van der Waals surface area (Å²) in [4.78, 5) is 0. The lowest BCUT2D eigenvalue weighted by Crippen LogP contribution is -1.89. The summed E-state index contributed by atoms with van der Waals surface area (Å²) >= 11 is 6.01. The maximum absolute atomic E-state index is 6.01. The van der Waals surface area contributed by atoms with Crippen molar-refractivity contribution in [1.82, 2.24) is 4.57 Å². The Bertz CT molecular complexity index is 403. The van der Waals surface area contributed by atoms with Crippen molar-refractivity contribution >= 4 is 22.5 Å². The van der Waals surface area contributed by atoms with Gasteiger partial charge in [-0.05, 0) is 25.1 Å². The second-order valence-corrected chi connectivity index (χ2v) is 3.18. The van der Waals surface area contributed by atoms with E-state index in [0.29, 0.717) is 0 Å².